The van der Waals surface area contributed by atoms with Crippen LogP contribution in [0.2, 0.25) is 0 Å². The molecule has 0 fully saturated rings. The van der Waals surface area contributed by atoms with Crippen LogP contribution in [0.25, 0.3) is 0 Å². The van der Waals surface area contributed by atoms with Crippen molar-refractivity contribution < 1.29 is 17.9 Å². The number of hydrogen-bond acceptors (Lipinski definition) is 4. The highest BCUT2D eigenvalue weighted by atomic mass is 32.2. The Morgan fingerprint density at radius 1 is 1.07 bits per heavy atom. The quantitative estimate of drug-likeness (QED) is 0.633. The van der Waals surface area contributed by atoms with Crippen LogP contribution in [-0.4, -0.2) is 40.3 Å². The fraction of sp³-hybridized carbons (Fsp3) is 0.350. The molecule has 0 aromatic heterocycles. The number of hydrogen-bond donors (Lipinski definition) is 1. The number of aryl methyl sites for hydroxylation is 1. The van der Waals surface area contributed by atoms with Crippen LogP contribution >= 0.6 is 0 Å². The Labute approximate surface area is 161 Å². The van der Waals surface area contributed by atoms with E-state index in [1.54, 1.807) is 24.3 Å². The van der Waals surface area contributed by atoms with E-state index in [4.69, 9.17) is 4.74 Å². The maximum Gasteiger partial charge on any atom is 0.240 e. The number of benzene rings is 2. The smallest absolute Gasteiger partial charge is 0.240 e. The molecule has 6 nitrogen and oxygen atoms in total. The van der Waals surface area contributed by atoms with Crippen LogP contribution in [0.15, 0.2) is 54.6 Å². The molecule has 146 valence electrons. The van der Waals surface area contributed by atoms with Crippen LogP contribution in [0.3, 0.4) is 0 Å². The predicted octanol–water partition coefficient (Wildman–Crippen LogP) is 2.60. The highest BCUT2D eigenvalue weighted by Gasteiger charge is 2.23. The first-order chi connectivity index (χ1) is 12.9. The van der Waals surface area contributed by atoms with E-state index in [0.717, 1.165) is 23.4 Å². The third-order valence-electron chi connectivity index (χ3n) is 3.93. The third-order valence-corrected chi connectivity index (χ3v) is 5.06. The second-order valence-corrected chi connectivity index (χ2v) is 8.02. The summed E-state index contributed by atoms with van der Waals surface area (Å²) in [6, 6.07) is 16.8. The summed E-state index contributed by atoms with van der Waals surface area (Å²) in [6.07, 6.45) is 2.71. The molecule has 7 heteroatoms. The van der Waals surface area contributed by atoms with Gasteiger partial charge in [-0.05, 0) is 37.5 Å². The van der Waals surface area contributed by atoms with Crippen LogP contribution in [0.4, 0.5) is 5.69 Å². The molecule has 0 aliphatic heterocycles. The summed E-state index contributed by atoms with van der Waals surface area (Å²) in [7, 11) is -3.63. The van der Waals surface area contributed by atoms with Gasteiger partial charge in [0.05, 0.1) is 18.6 Å². The lowest BCUT2D eigenvalue weighted by molar-refractivity contribution is -0.119. The molecule has 0 aliphatic carbocycles. The standard InChI is InChI=1S/C20H26N2O4S/c1-3-26-19-14-8-7-13-18(19)22(27(2,24)25)16-20(23)21-15-9-12-17-10-5-4-6-11-17/h4-8,10-11,13-14H,3,9,12,15-16H2,1-2H3,(H,21,23). The number of carbonyl (C=O) groups excluding carboxylic acids is 1. The lowest BCUT2D eigenvalue weighted by Crippen LogP contribution is -2.40. The first kappa shape index (κ1) is 20.8. The summed E-state index contributed by atoms with van der Waals surface area (Å²) in [5.41, 5.74) is 1.57. The van der Waals surface area contributed by atoms with Gasteiger partial charge < -0.3 is 10.1 Å². The Morgan fingerprint density at radius 2 is 1.74 bits per heavy atom. The highest BCUT2D eigenvalue weighted by Crippen LogP contribution is 2.29. The molecule has 0 bridgehead atoms. The van der Waals surface area contributed by atoms with Crippen molar-refractivity contribution in [1.29, 1.82) is 0 Å². The monoisotopic (exact) mass is 390 g/mol. The van der Waals surface area contributed by atoms with Crippen LogP contribution in [0.1, 0.15) is 18.9 Å². The summed E-state index contributed by atoms with van der Waals surface area (Å²) < 4.78 is 31.0. The average molecular weight is 391 g/mol. The van der Waals surface area contributed by atoms with Gasteiger partial charge in [-0.1, -0.05) is 42.5 Å². The van der Waals surface area contributed by atoms with Crippen molar-refractivity contribution in [3.63, 3.8) is 0 Å². The Bertz CT molecular complexity index is 838. The number of carbonyl (C=O) groups is 1. The molecule has 27 heavy (non-hydrogen) atoms. The highest BCUT2D eigenvalue weighted by molar-refractivity contribution is 7.92. The van der Waals surface area contributed by atoms with E-state index in [9.17, 15) is 13.2 Å². The molecule has 0 saturated heterocycles. The zero-order valence-corrected chi connectivity index (χ0v) is 16.5. The van der Waals surface area contributed by atoms with Gasteiger partial charge >= 0.3 is 0 Å². The molecule has 0 atom stereocenters. The van der Waals surface area contributed by atoms with Crippen LogP contribution in [0.5, 0.6) is 5.75 Å². The fourth-order valence-electron chi connectivity index (χ4n) is 2.67. The topological polar surface area (TPSA) is 75.7 Å². The average Bonchev–Trinajstić information content (AvgIpc) is 2.64. The molecule has 1 N–H and O–H groups in total. The van der Waals surface area contributed by atoms with Gasteiger partial charge in [-0.2, -0.15) is 0 Å². The lowest BCUT2D eigenvalue weighted by atomic mass is 10.1. The summed E-state index contributed by atoms with van der Waals surface area (Å²) in [6.45, 7) is 2.42. The number of nitrogens with zero attached hydrogens (tertiary/aromatic N) is 1. The van der Waals surface area contributed by atoms with E-state index in [1.165, 1.54) is 5.56 Å². The molecule has 2 rings (SSSR count). The van der Waals surface area contributed by atoms with Crippen molar-refractivity contribution in [2.24, 2.45) is 0 Å². The number of anilines is 1. The van der Waals surface area contributed by atoms with Gasteiger partial charge in [0, 0.05) is 6.54 Å². The summed E-state index contributed by atoms with van der Waals surface area (Å²) in [5, 5.41) is 2.79. The Hall–Kier alpha value is -2.54. The van der Waals surface area contributed by atoms with Gasteiger partial charge in [-0.3, -0.25) is 9.10 Å². The van der Waals surface area contributed by atoms with E-state index in [0.29, 0.717) is 24.6 Å². The van der Waals surface area contributed by atoms with Crippen molar-refractivity contribution in [3.8, 4) is 5.75 Å². The largest absolute Gasteiger partial charge is 0.492 e. The number of amides is 1. The second-order valence-electron chi connectivity index (χ2n) is 6.11. The van der Waals surface area contributed by atoms with Crippen molar-refractivity contribution in [1.82, 2.24) is 5.32 Å². The van der Waals surface area contributed by atoms with Gasteiger partial charge in [-0.15, -0.1) is 0 Å². The second kappa shape index (κ2) is 9.97. The van der Waals surface area contributed by atoms with Crippen LogP contribution < -0.4 is 14.4 Å². The van der Waals surface area contributed by atoms with E-state index >= 15 is 0 Å². The maximum atomic E-state index is 12.3. The van der Waals surface area contributed by atoms with Gasteiger partial charge in [0.1, 0.15) is 12.3 Å². The van der Waals surface area contributed by atoms with Crippen molar-refractivity contribution >= 4 is 21.6 Å². The maximum absolute atomic E-state index is 12.3. The zero-order valence-electron chi connectivity index (χ0n) is 15.7. The fourth-order valence-corrected chi connectivity index (χ4v) is 3.53. The zero-order chi connectivity index (χ0) is 19.7. The van der Waals surface area contributed by atoms with Crippen molar-refractivity contribution in [2.75, 3.05) is 30.3 Å². The Balaban J connectivity index is 1.97. The molecule has 0 unspecified atom stereocenters. The summed E-state index contributed by atoms with van der Waals surface area (Å²) in [5.74, 6) is 0.0853. The number of rotatable bonds is 10. The molecular weight excluding hydrogens is 364 g/mol. The molecular formula is C20H26N2O4S. The molecule has 0 saturated carbocycles. The molecule has 1 amide bonds. The molecule has 0 aliphatic rings. The van der Waals surface area contributed by atoms with Gasteiger partial charge in [0.15, 0.2) is 0 Å². The third kappa shape index (κ3) is 6.60. The summed E-state index contributed by atoms with van der Waals surface area (Å²) in [4.78, 5) is 12.3. The molecule has 2 aromatic carbocycles. The van der Waals surface area contributed by atoms with E-state index < -0.39 is 10.0 Å². The number of nitrogens with one attached hydrogen (secondary N) is 1. The van der Waals surface area contributed by atoms with E-state index in [-0.39, 0.29) is 12.5 Å². The van der Waals surface area contributed by atoms with Gasteiger partial charge in [-0.25, -0.2) is 8.42 Å². The Morgan fingerprint density at radius 3 is 2.41 bits per heavy atom. The van der Waals surface area contributed by atoms with Crippen LogP contribution in [0, 0.1) is 0 Å². The molecule has 0 spiro atoms. The Kier molecular flexibility index (Phi) is 7.67. The number of para-hydroxylation sites is 2. The van der Waals surface area contributed by atoms with Crippen molar-refractivity contribution in [2.45, 2.75) is 19.8 Å². The van der Waals surface area contributed by atoms with E-state index in [2.05, 4.69) is 5.32 Å². The normalized spacial score (nSPS) is 11.0. The van der Waals surface area contributed by atoms with Crippen molar-refractivity contribution in [3.05, 3.63) is 60.2 Å². The first-order valence-electron chi connectivity index (χ1n) is 8.92. The lowest BCUT2D eigenvalue weighted by Gasteiger charge is -2.24. The molecule has 2 aromatic rings. The van der Waals surface area contributed by atoms with E-state index in [1.807, 2.05) is 37.3 Å². The minimum Gasteiger partial charge on any atom is -0.492 e. The SMILES string of the molecule is CCOc1ccccc1N(CC(=O)NCCCc1ccccc1)S(C)(=O)=O. The summed E-state index contributed by atoms with van der Waals surface area (Å²) >= 11 is 0. The molecule has 0 heterocycles. The predicted molar refractivity (Wildman–Crippen MR) is 108 cm³/mol. The van der Waals surface area contributed by atoms with Gasteiger partial charge in [0.2, 0.25) is 15.9 Å². The number of sulfonamides is 1. The van der Waals surface area contributed by atoms with Gasteiger partial charge in [0.25, 0.3) is 0 Å². The minimum absolute atomic E-state index is 0.283. The van der Waals surface area contributed by atoms with Crippen LogP contribution in [-0.2, 0) is 21.2 Å². The minimum atomic E-state index is -3.63. The first-order valence-corrected chi connectivity index (χ1v) is 10.8. The molecule has 0 radical (unpaired) electrons. The number of ether oxygens (including phenoxy) is 1.